The van der Waals surface area contributed by atoms with Crippen LogP contribution in [0.4, 0.5) is 5.69 Å². The SMILES string of the molecule is O=C1CCCN1c1ccc(S(=O)(=O)NCc2cocn2)cc1. The van der Waals surface area contributed by atoms with Crippen molar-refractivity contribution in [1.29, 1.82) is 0 Å². The second kappa shape index (κ2) is 5.90. The molecule has 0 spiro atoms. The number of nitrogens with one attached hydrogen (secondary N) is 1. The smallest absolute Gasteiger partial charge is 0.240 e. The van der Waals surface area contributed by atoms with E-state index >= 15 is 0 Å². The summed E-state index contributed by atoms with van der Waals surface area (Å²) in [4.78, 5) is 17.3. The Morgan fingerprint density at radius 2 is 2.05 bits per heavy atom. The Bertz CT molecular complexity index is 754. The van der Waals surface area contributed by atoms with E-state index in [1.54, 1.807) is 17.0 Å². The minimum atomic E-state index is -3.63. The van der Waals surface area contributed by atoms with Gasteiger partial charge in [0, 0.05) is 18.7 Å². The topological polar surface area (TPSA) is 92.5 Å². The number of hydrogen-bond acceptors (Lipinski definition) is 5. The van der Waals surface area contributed by atoms with E-state index in [0.29, 0.717) is 18.7 Å². The Kier molecular flexibility index (Phi) is 3.95. The highest BCUT2D eigenvalue weighted by Crippen LogP contribution is 2.22. The van der Waals surface area contributed by atoms with Gasteiger partial charge in [-0.3, -0.25) is 4.79 Å². The molecule has 1 aliphatic rings. The molecule has 3 rings (SSSR count). The normalized spacial score (nSPS) is 15.5. The third kappa shape index (κ3) is 3.02. The largest absolute Gasteiger partial charge is 0.451 e. The summed E-state index contributed by atoms with van der Waals surface area (Å²) in [5, 5.41) is 0. The van der Waals surface area contributed by atoms with Crippen LogP contribution in [0.25, 0.3) is 0 Å². The minimum absolute atomic E-state index is 0.0607. The molecule has 0 bridgehead atoms. The van der Waals surface area contributed by atoms with Crippen LogP contribution < -0.4 is 9.62 Å². The van der Waals surface area contributed by atoms with Gasteiger partial charge in [0.1, 0.15) is 6.26 Å². The Hall–Kier alpha value is -2.19. The molecule has 7 nitrogen and oxygen atoms in total. The number of rotatable bonds is 5. The first-order chi connectivity index (χ1) is 10.6. The van der Waals surface area contributed by atoms with Gasteiger partial charge in [-0.05, 0) is 30.7 Å². The van der Waals surface area contributed by atoms with Crippen molar-refractivity contribution in [3.05, 3.63) is 42.6 Å². The van der Waals surface area contributed by atoms with E-state index in [2.05, 4.69) is 9.71 Å². The number of carbonyl (C=O) groups is 1. The summed E-state index contributed by atoms with van der Waals surface area (Å²) in [7, 11) is -3.63. The van der Waals surface area contributed by atoms with Gasteiger partial charge in [-0.2, -0.15) is 0 Å². The van der Waals surface area contributed by atoms with E-state index in [4.69, 9.17) is 4.42 Å². The van der Waals surface area contributed by atoms with Crippen molar-refractivity contribution >= 4 is 21.6 Å². The molecule has 0 aliphatic carbocycles. The van der Waals surface area contributed by atoms with Crippen LogP contribution in [0.2, 0.25) is 0 Å². The van der Waals surface area contributed by atoms with Crippen LogP contribution in [0.1, 0.15) is 18.5 Å². The second-order valence-corrected chi connectivity index (χ2v) is 6.71. The zero-order chi connectivity index (χ0) is 15.6. The van der Waals surface area contributed by atoms with E-state index in [-0.39, 0.29) is 17.3 Å². The summed E-state index contributed by atoms with van der Waals surface area (Å²) >= 11 is 0. The zero-order valence-corrected chi connectivity index (χ0v) is 12.5. The summed E-state index contributed by atoms with van der Waals surface area (Å²) in [5.74, 6) is 0.0692. The van der Waals surface area contributed by atoms with Gasteiger partial charge in [-0.15, -0.1) is 0 Å². The molecule has 22 heavy (non-hydrogen) atoms. The van der Waals surface area contributed by atoms with E-state index in [9.17, 15) is 13.2 Å². The first-order valence-corrected chi connectivity index (χ1v) is 8.32. The summed E-state index contributed by atoms with van der Waals surface area (Å²) in [5.41, 5.74) is 1.22. The third-order valence-electron chi connectivity index (χ3n) is 3.46. The lowest BCUT2D eigenvalue weighted by atomic mass is 10.3. The monoisotopic (exact) mass is 321 g/mol. The number of oxazole rings is 1. The fourth-order valence-corrected chi connectivity index (χ4v) is 3.30. The van der Waals surface area contributed by atoms with Crippen LogP contribution in [-0.2, 0) is 21.4 Å². The Morgan fingerprint density at radius 3 is 2.64 bits per heavy atom. The van der Waals surface area contributed by atoms with Gasteiger partial charge in [0.15, 0.2) is 6.39 Å². The van der Waals surface area contributed by atoms with Crippen molar-refractivity contribution in [2.24, 2.45) is 0 Å². The molecule has 1 aliphatic heterocycles. The average molecular weight is 321 g/mol. The van der Waals surface area contributed by atoms with Crippen LogP contribution >= 0.6 is 0 Å². The van der Waals surface area contributed by atoms with E-state index in [1.807, 2.05) is 0 Å². The van der Waals surface area contributed by atoms with Gasteiger partial charge < -0.3 is 9.32 Å². The number of hydrogen-bond donors (Lipinski definition) is 1. The van der Waals surface area contributed by atoms with Gasteiger partial charge in [-0.1, -0.05) is 0 Å². The lowest BCUT2D eigenvalue weighted by Gasteiger charge is -2.16. The number of nitrogens with zero attached hydrogens (tertiary/aromatic N) is 2. The van der Waals surface area contributed by atoms with Crippen molar-refractivity contribution in [1.82, 2.24) is 9.71 Å². The predicted octanol–water partition coefficient (Wildman–Crippen LogP) is 1.28. The molecule has 2 heterocycles. The molecule has 1 aromatic carbocycles. The van der Waals surface area contributed by atoms with E-state index in [0.717, 1.165) is 12.1 Å². The molecule has 1 amide bonds. The third-order valence-corrected chi connectivity index (χ3v) is 4.88. The highest BCUT2D eigenvalue weighted by atomic mass is 32.2. The number of sulfonamides is 1. The van der Waals surface area contributed by atoms with Crippen LogP contribution in [-0.4, -0.2) is 25.9 Å². The van der Waals surface area contributed by atoms with Crippen molar-refractivity contribution in [3.63, 3.8) is 0 Å². The molecule has 1 N–H and O–H groups in total. The maximum absolute atomic E-state index is 12.2. The highest BCUT2D eigenvalue weighted by Gasteiger charge is 2.22. The van der Waals surface area contributed by atoms with Crippen LogP contribution in [0.5, 0.6) is 0 Å². The van der Waals surface area contributed by atoms with Gasteiger partial charge in [0.05, 0.1) is 17.1 Å². The average Bonchev–Trinajstić information content (AvgIpc) is 3.17. The van der Waals surface area contributed by atoms with Crippen molar-refractivity contribution < 1.29 is 17.6 Å². The molecule has 1 aromatic heterocycles. The maximum Gasteiger partial charge on any atom is 0.240 e. The summed E-state index contributed by atoms with van der Waals surface area (Å²) in [6, 6.07) is 6.28. The second-order valence-electron chi connectivity index (χ2n) is 4.95. The fraction of sp³-hybridized carbons (Fsp3) is 0.286. The van der Waals surface area contributed by atoms with Crippen LogP contribution in [0.15, 0.2) is 46.2 Å². The maximum atomic E-state index is 12.2. The summed E-state index contributed by atoms with van der Waals surface area (Å²) < 4.78 is 31.6. The van der Waals surface area contributed by atoms with Gasteiger partial charge >= 0.3 is 0 Å². The summed E-state index contributed by atoms with van der Waals surface area (Å²) in [6.45, 7) is 0.737. The van der Waals surface area contributed by atoms with E-state index in [1.165, 1.54) is 24.8 Å². The molecule has 116 valence electrons. The van der Waals surface area contributed by atoms with Gasteiger partial charge in [0.25, 0.3) is 0 Å². The molecule has 0 saturated carbocycles. The minimum Gasteiger partial charge on any atom is -0.451 e. The Labute approximate surface area is 128 Å². The molecular formula is C14H15N3O4S. The van der Waals surface area contributed by atoms with Gasteiger partial charge in [-0.25, -0.2) is 18.1 Å². The Balaban J connectivity index is 1.72. The number of anilines is 1. The molecule has 0 unspecified atom stereocenters. The summed E-state index contributed by atoms with van der Waals surface area (Å²) in [6.07, 6.45) is 3.99. The van der Waals surface area contributed by atoms with Gasteiger partial charge in [0.2, 0.25) is 15.9 Å². The molecule has 1 saturated heterocycles. The molecule has 2 aromatic rings. The lowest BCUT2D eigenvalue weighted by molar-refractivity contribution is -0.117. The molecule has 0 radical (unpaired) electrons. The van der Waals surface area contributed by atoms with E-state index < -0.39 is 10.0 Å². The first kappa shape index (κ1) is 14.7. The molecule has 0 atom stereocenters. The van der Waals surface area contributed by atoms with Crippen molar-refractivity contribution in [2.45, 2.75) is 24.3 Å². The predicted molar refractivity (Wildman–Crippen MR) is 78.6 cm³/mol. The van der Waals surface area contributed by atoms with Crippen molar-refractivity contribution in [3.8, 4) is 0 Å². The zero-order valence-electron chi connectivity index (χ0n) is 11.7. The van der Waals surface area contributed by atoms with Crippen LogP contribution in [0.3, 0.4) is 0 Å². The molecule has 8 heteroatoms. The van der Waals surface area contributed by atoms with Crippen molar-refractivity contribution in [2.75, 3.05) is 11.4 Å². The highest BCUT2D eigenvalue weighted by molar-refractivity contribution is 7.89. The standard InChI is InChI=1S/C14H15N3O4S/c18-14-2-1-7-17(14)12-3-5-13(6-4-12)22(19,20)16-8-11-9-21-10-15-11/h3-6,9-10,16H,1-2,7-8H2. The number of carbonyl (C=O) groups excluding carboxylic acids is 1. The number of aromatic nitrogens is 1. The number of benzene rings is 1. The number of amides is 1. The lowest BCUT2D eigenvalue weighted by Crippen LogP contribution is -2.25. The first-order valence-electron chi connectivity index (χ1n) is 6.83. The Morgan fingerprint density at radius 1 is 1.27 bits per heavy atom. The fourth-order valence-electron chi connectivity index (χ4n) is 2.30. The molecular weight excluding hydrogens is 306 g/mol. The molecule has 1 fully saturated rings. The quantitative estimate of drug-likeness (QED) is 0.895. The van der Waals surface area contributed by atoms with Crippen LogP contribution in [0, 0.1) is 0 Å².